The van der Waals surface area contributed by atoms with Crippen molar-refractivity contribution in [1.29, 1.82) is 0 Å². The minimum atomic E-state index is -0.348. The van der Waals surface area contributed by atoms with E-state index in [1.54, 1.807) is 66.6 Å². The number of hydrogen-bond acceptors (Lipinski definition) is 6. The third-order valence-electron chi connectivity index (χ3n) is 6.38. The fourth-order valence-corrected chi connectivity index (χ4v) is 4.28. The zero-order valence-electron chi connectivity index (χ0n) is 20.0. The highest BCUT2D eigenvalue weighted by atomic mass is 35.5. The minimum absolute atomic E-state index is 0.121. The number of halogens is 1. The summed E-state index contributed by atoms with van der Waals surface area (Å²) < 4.78 is 2.94. The van der Waals surface area contributed by atoms with E-state index in [9.17, 15) is 9.59 Å². The van der Waals surface area contributed by atoms with Crippen LogP contribution in [-0.4, -0.2) is 56.6 Å². The first-order chi connectivity index (χ1) is 17.3. The molecule has 9 nitrogen and oxygen atoms in total. The zero-order valence-corrected chi connectivity index (χ0v) is 20.8. The number of aromatic nitrogens is 4. The Morgan fingerprint density at radius 2 is 1.69 bits per heavy atom. The average molecular weight is 504 g/mol. The Labute approximate surface area is 213 Å². The van der Waals surface area contributed by atoms with Gasteiger partial charge in [0.1, 0.15) is 11.8 Å². The molecule has 0 bridgehead atoms. The smallest absolute Gasteiger partial charge is 0.339 e. The summed E-state index contributed by atoms with van der Waals surface area (Å²) in [6.45, 7) is 0.745. The van der Waals surface area contributed by atoms with Crippen molar-refractivity contribution in [2.75, 3.05) is 31.3 Å². The van der Waals surface area contributed by atoms with Crippen molar-refractivity contribution in [2.24, 2.45) is 0 Å². The molecule has 36 heavy (non-hydrogen) atoms. The normalized spacial score (nSPS) is 13.7. The summed E-state index contributed by atoms with van der Waals surface area (Å²) in [5, 5.41) is 0.554. The van der Waals surface area contributed by atoms with E-state index >= 15 is 0 Å². The lowest BCUT2D eigenvalue weighted by molar-refractivity contribution is -0.113. The van der Waals surface area contributed by atoms with Gasteiger partial charge in [-0.1, -0.05) is 17.7 Å². The summed E-state index contributed by atoms with van der Waals surface area (Å²) >= 11 is 6.03. The average Bonchev–Trinajstić information content (AvgIpc) is 3.68. The van der Waals surface area contributed by atoms with E-state index in [2.05, 4.69) is 21.9 Å². The van der Waals surface area contributed by atoms with Crippen LogP contribution in [0.4, 0.5) is 11.5 Å². The summed E-state index contributed by atoms with van der Waals surface area (Å²) in [6.07, 6.45) is 7.26. The maximum absolute atomic E-state index is 13.6. The largest absolute Gasteiger partial charge is 0.382 e. The molecule has 184 valence electrons. The Bertz CT molecular complexity index is 1500. The molecule has 2 N–H and O–H groups in total. The Morgan fingerprint density at radius 3 is 2.36 bits per heavy atom. The highest BCUT2D eigenvalue weighted by molar-refractivity contribution is 6.30. The van der Waals surface area contributed by atoms with Crippen molar-refractivity contribution in [3.05, 3.63) is 82.5 Å². The number of carbonyl (C=O) groups is 1. The zero-order chi connectivity index (χ0) is 25.4. The fourth-order valence-electron chi connectivity index (χ4n) is 4.16. The molecule has 0 unspecified atom stereocenters. The van der Waals surface area contributed by atoms with Crippen LogP contribution in [0.15, 0.2) is 71.8 Å². The second-order valence-electron chi connectivity index (χ2n) is 8.85. The van der Waals surface area contributed by atoms with E-state index in [-0.39, 0.29) is 17.4 Å². The number of likely N-dealkylation sites (N-methyl/N-ethyl adjacent to an activating group) is 2. The van der Waals surface area contributed by atoms with E-state index in [1.165, 1.54) is 28.3 Å². The number of benzene rings is 2. The number of anilines is 2. The predicted octanol–water partition coefficient (Wildman–Crippen LogP) is 3.42. The van der Waals surface area contributed by atoms with Crippen molar-refractivity contribution in [2.45, 2.75) is 18.9 Å². The summed E-state index contributed by atoms with van der Waals surface area (Å²) in [7, 11) is 3.79. The molecule has 1 saturated carbocycles. The highest BCUT2D eigenvalue weighted by Crippen LogP contribution is 2.26. The van der Waals surface area contributed by atoms with Crippen molar-refractivity contribution in [1.82, 2.24) is 24.0 Å². The number of rotatable bonds is 7. The van der Waals surface area contributed by atoms with Crippen LogP contribution in [0, 0.1) is 0 Å². The molecule has 1 amide bonds. The second-order valence-corrected chi connectivity index (χ2v) is 9.28. The molecule has 2 aromatic carbocycles. The van der Waals surface area contributed by atoms with Gasteiger partial charge in [-0.05, 0) is 68.4 Å². The topological polar surface area (TPSA) is 102 Å². The predicted molar refractivity (Wildman–Crippen MR) is 142 cm³/mol. The van der Waals surface area contributed by atoms with Gasteiger partial charge >= 0.3 is 5.69 Å². The fraction of sp³-hybridized carbons (Fsp3) is 0.231. The maximum atomic E-state index is 13.6. The van der Waals surface area contributed by atoms with E-state index < -0.39 is 0 Å². The molecule has 1 aliphatic rings. The van der Waals surface area contributed by atoms with Crippen molar-refractivity contribution in [3.63, 3.8) is 0 Å². The van der Waals surface area contributed by atoms with Crippen molar-refractivity contribution in [3.8, 4) is 11.4 Å². The van der Waals surface area contributed by atoms with Crippen LogP contribution < -0.4 is 16.3 Å². The van der Waals surface area contributed by atoms with Gasteiger partial charge in [0.25, 0.3) is 0 Å². The number of amides is 1. The van der Waals surface area contributed by atoms with E-state index in [0.29, 0.717) is 39.3 Å². The molecule has 4 aromatic rings. The van der Waals surface area contributed by atoms with Gasteiger partial charge in [0.15, 0.2) is 11.5 Å². The first kappa shape index (κ1) is 23.8. The molecule has 0 atom stereocenters. The van der Waals surface area contributed by atoms with Gasteiger partial charge in [-0.15, -0.1) is 0 Å². The standard InChI is InChI=1S/C26H26ClN7O2/c1-31(18-9-10-18)15-3-4-22(35)32(2)19-11-13-21(14-12-19)34-25-23(24(28)29-16-30-25)33(26(34)36)20-7-5-17(27)6-8-20/h3-8,11-14,16,18H,9-10,15H2,1-2H3,(H2,28,29,30). The van der Waals surface area contributed by atoms with Gasteiger partial charge in [0.2, 0.25) is 5.91 Å². The molecule has 1 fully saturated rings. The summed E-state index contributed by atoms with van der Waals surface area (Å²) in [5.74, 6) is 0.0656. The van der Waals surface area contributed by atoms with Gasteiger partial charge in [-0.25, -0.2) is 19.3 Å². The molecule has 10 heteroatoms. The molecule has 0 radical (unpaired) electrons. The number of nitrogen functional groups attached to an aromatic ring is 1. The Balaban J connectivity index is 1.46. The van der Waals surface area contributed by atoms with E-state index in [1.807, 2.05) is 6.08 Å². The van der Waals surface area contributed by atoms with E-state index in [0.717, 1.165) is 6.54 Å². The summed E-state index contributed by atoms with van der Waals surface area (Å²) in [5.41, 5.74) is 8.47. The van der Waals surface area contributed by atoms with Crippen LogP contribution in [0.25, 0.3) is 22.5 Å². The Kier molecular flexibility index (Phi) is 6.34. The first-order valence-corrected chi connectivity index (χ1v) is 12.0. The SMILES string of the molecule is CN(C(=O)C=CCN(C)C1CC1)c1ccc(-n2c(=O)n(-c3ccc(Cl)cc3)c3c(N)ncnc32)cc1. The second kappa shape index (κ2) is 9.60. The van der Waals surface area contributed by atoms with Crippen LogP contribution in [0.3, 0.4) is 0 Å². The van der Waals surface area contributed by atoms with Gasteiger partial charge < -0.3 is 10.6 Å². The van der Waals surface area contributed by atoms with Crippen molar-refractivity contribution >= 4 is 40.2 Å². The molecule has 0 saturated heterocycles. The minimum Gasteiger partial charge on any atom is -0.382 e. The van der Waals surface area contributed by atoms with Gasteiger partial charge in [0.05, 0.1) is 11.4 Å². The molecular weight excluding hydrogens is 478 g/mol. The highest BCUT2D eigenvalue weighted by Gasteiger charge is 2.25. The van der Waals surface area contributed by atoms with Crippen LogP contribution in [0.5, 0.6) is 0 Å². The molecule has 1 aliphatic carbocycles. The molecular formula is C26H26ClN7O2. The molecule has 2 aromatic heterocycles. The Morgan fingerprint density at radius 1 is 1.06 bits per heavy atom. The summed E-state index contributed by atoms with van der Waals surface area (Å²) in [4.78, 5) is 38.4. The lowest BCUT2D eigenvalue weighted by Gasteiger charge is -2.16. The van der Waals surface area contributed by atoms with E-state index in [4.69, 9.17) is 17.3 Å². The summed E-state index contributed by atoms with van der Waals surface area (Å²) in [6, 6.07) is 14.6. The molecule has 0 aliphatic heterocycles. The monoisotopic (exact) mass is 503 g/mol. The van der Waals surface area contributed by atoms with Crippen LogP contribution >= 0.6 is 11.6 Å². The number of nitrogens with two attached hydrogens (primary N) is 1. The molecule has 0 spiro atoms. The number of nitrogens with zero attached hydrogens (tertiary/aromatic N) is 6. The molecule has 5 rings (SSSR count). The number of carbonyl (C=O) groups excluding carboxylic acids is 1. The third-order valence-corrected chi connectivity index (χ3v) is 6.64. The lowest BCUT2D eigenvalue weighted by atomic mass is 10.2. The first-order valence-electron chi connectivity index (χ1n) is 11.6. The molecule has 2 heterocycles. The number of hydrogen-bond donors (Lipinski definition) is 1. The Hall–Kier alpha value is -3.95. The van der Waals surface area contributed by atoms with Crippen LogP contribution in [0.2, 0.25) is 5.02 Å². The quantitative estimate of drug-likeness (QED) is 0.388. The van der Waals surface area contributed by atoms with Crippen LogP contribution in [0.1, 0.15) is 12.8 Å². The maximum Gasteiger partial charge on any atom is 0.339 e. The van der Waals surface area contributed by atoms with Crippen molar-refractivity contribution < 1.29 is 4.79 Å². The van der Waals surface area contributed by atoms with Crippen LogP contribution in [-0.2, 0) is 4.79 Å². The third kappa shape index (κ3) is 4.50. The van der Waals surface area contributed by atoms with Gasteiger partial charge in [-0.3, -0.25) is 14.3 Å². The van der Waals surface area contributed by atoms with Gasteiger partial charge in [-0.2, -0.15) is 0 Å². The lowest BCUT2D eigenvalue weighted by Crippen LogP contribution is -2.25. The number of imidazole rings is 1. The van der Waals surface area contributed by atoms with Gasteiger partial charge in [0, 0.05) is 36.4 Å². The number of fused-ring (bicyclic) bond motifs is 1.